The van der Waals surface area contributed by atoms with Crippen LogP contribution >= 0.6 is 0 Å². The highest BCUT2D eigenvalue weighted by Crippen LogP contribution is 2.37. The van der Waals surface area contributed by atoms with Gasteiger partial charge >= 0.3 is 5.97 Å². The first-order chi connectivity index (χ1) is 13.1. The van der Waals surface area contributed by atoms with Crippen LogP contribution in [0.15, 0.2) is 54.7 Å². The summed E-state index contributed by atoms with van der Waals surface area (Å²) in [4.78, 5) is 16.0. The smallest absolute Gasteiger partial charge is 0.354 e. The van der Waals surface area contributed by atoms with Gasteiger partial charge in [-0.25, -0.2) is 9.64 Å². The number of esters is 1. The molecule has 0 aliphatic carbocycles. The summed E-state index contributed by atoms with van der Waals surface area (Å²) in [6.07, 6.45) is 1.64. The van der Waals surface area contributed by atoms with Crippen molar-refractivity contribution in [2.45, 2.75) is 13.5 Å². The number of aryl methyl sites for hydroxylation is 1. The molecule has 0 unspecified atom stereocenters. The molecule has 0 radical (unpaired) electrons. The third kappa shape index (κ3) is 3.48. The lowest BCUT2D eigenvalue weighted by atomic mass is 9.97. The van der Waals surface area contributed by atoms with E-state index >= 15 is 0 Å². The zero-order valence-corrected chi connectivity index (χ0v) is 15.3. The standard InChI is InChI=1S/C22H20N2O3/c1-4-27-22(26)21-20(19(23-2)13-24(21)3)16-11-9-15(10-12-16)18-8-6-5-7-17(18)14-25/h5-13,25H,4,14H2,1,3H3. The van der Waals surface area contributed by atoms with Crippen LogP contribution in [-0.2, 0) is 18.4 Å². The summed E-state index contributed by atoms with van der Waals surface area (Å²) in [6.45, 7) is 9.44. The predicted octanol–water partition coefficient (Wildman–Crippen LogP) is 4.58. The van der Waals surface area contributed by atoms with Crippen molar-refractivity contribution in [2.24, 2.45) is 7.05 Å². The molecule has 27 heavy (non-hydrogen) atoms. The Morgan fingerprint density at radius 2 is 1.81 bits per heavy atom. The van der Waals surface area contributed by atoms with Gasteiger partial charge in [0.05, 0.1) is 19.8 Å². The number of aliphatic hydroxyl groups is 1. The van der Waals surface area contributed by atoms with Crippen LogP contribution in [0.25, 0.3) is 27.1 Å². The molecule has 1 N–H and O–H groups in total. The molecule has 5 heteroatoms. The number of aromatic nitrogens is 1. The topological polar surface area (TPSA) is 55.8 Å². The number of nitrogens with zero attached hydrogens (tertiary/aromatic N) is 2. The summed E-state index contributed by atoms with van der Waals surface area (Å²) in [5.74, 6) is -0.445. The molecule has 0 saturated carbocycles. The Kier molecular flexibility index (Phi) is 5.39. The average Bonchev–Trinajstić information content (AvgIpc) is 3.04. The number of benzene rings is 2. The molecule has 3 rings (SSSR count). The molecule has 0 aliphatic rings. The lowest BCUT2D eigenvalue weighted by molar-refractivity contribution is 0.0516. The van der Waals surface area contributed by atoms with Crippen LogP contribution in [0.1, 0.15) is 23.0 Å². The van der Waals surface area contributed by atoms with Gasteiger partial charge in [-0.05, 0) is 29.2 Å². The summed E-state index contributed by atoms with van der Waals surface area (Å²) in [6, 6.07) is 15.3. The third-order valence-corrected chi connectivity index (χ3v) is 4.42. The largest absolute Gasteiger partial charge is 0.461 e. The van der Waals surface area contributed by atoms with E-state index in [1.807, 2.05) is 48.5 Å². The zero-order chi connectivity index (χ0) is 19.4. The lowest BCUT2D eigenvalue weighted by Gasteiger charge is -2.10. The van der Waals surface area contributed by atoms with E-state index < -0.39 is 5.97 Å². The molecule has 0 fully saturated rings. The van der Waals surface area contributed by atoms with Crippen molar-refractivity contribution < 1.29 is 14.6 Å². The van der Waals surface area contributed by atoms with Crippen molar-refractivity contribution in [3.05, 3.63) is 77.4 Å². The summed E-state index contributed by atoms with van der Waals surface area (Å²) >= 11 is 0. The van der Waals surface area contributed by atoms with E-state index in [1.165, 1.54) is 0 Å². The van der Waals surface area contributed by atoms with Crippen LogP contribution in [0.5, 0.6) is 0 Å². The Hall–Kier alpha value is -3.36. The molecule has 0 bridgehead atoms. The normalized spacial score (nSPS) is 10.4. The van der Waals surface area contributed by atoms with Gasteiger partial charge in [0, 0.05) is 18.8 Å². The van der Waals surface area contributed by atoms with Gasteiger partial charge in [0.1, 0.15) is 5.69 Å². The average molecular weight is 360 g/mol. The molecule has 3 aromatic rings. The molecule has 5 nitrogen and oxygen atoms in total. The minimum absolute atomic E-state index is 0.0362. The maximum Gasteiger partial charge on any atom is 0.354 e. The lowest BCUT2D eigenvalue weighted by Crippen LogP contribution is -2.10. The monoisotopic (exact) mass is 360 g/mol. The molecule has 0 saturated heterocycles. The van der Waals surface area contributed by atoms with Crippen molar-refractivity contribution in [1.29, 1.82) is 0 Å². The minimum Gasteiger partial charge on any atom is -0.461 e. The van der Waals surface area contributed by atoms with E-state index in [2.05, 4.69) is 4.85 Å². The molecular formula is C22H20N2O3. The molecule has 0 atom stereocenters. The Balaban J connectivity index is 2.08. The van der Waals surface area contributed by atoms with E-state index in [0.717, 1.165) is 22.3 Å². The van der Waals surface area contributed by atoms with E-state index in [1.54, 1.807) is 24.7 Å². The maximum absolute atomic E-state index is 12.4. The van der Waals surface area contributed by atoms with Gasteiger partial charge < -0.3 is 14.4 Å². The van der Waals surface area contributed by atoms with Gasteiger partial charge in [-0.1, -0.05) is 48.5 Å². The number of rotatable bonds is 5. The highest BCUT2D eigenvalue weighted by molar-refractivity contribution is 6.00. The molecular weight excluding hydrogens is 340 g/mol. The second-order valence-electron chi connectivity index (χ2n) is 6.07. The number of ether oxygens (including phenoxy) is 1. The number of aliphatic hydroxyl groups excluding tert-OH is 1. The van der Waals surface area contributed by atoms with Gasteiger partial charge in [0.15, 0.2) is 0 Å². The van der Waals surface area contributed by atoms with Crippen LogP contribution < -0.4 is 0 Å². The molecule has 1 heterocycles. The fourth-order valence-electron chi connectivity index (χ4n) is 3.18. The SMILES string of the molecule is [C-]#[N+]c1cn(C)c(C(=O)OCC)c1-c1ccc(-c2ccccc2CO)cc1. The highest BCUT2D eigenvalue weighted by atomic mass is 16.5. The molecule has 0 aliphatic heterocycles. The molecule has 1 aromatic heterocycles. The minimum atomic E-state index is -0.445. The quantitative estimate of drug-likeness (QED) is 0.535. The van der Waals surface area contributed by atoms with Gasteiger partial charge in [-0.2, -0.15) is 0 Å². The number of carbonyl (C=O) groups is 1. The second-order valence-corrected chi connectivity index (χ2v) is 6.07. The van der Waals surface area contributed by atoms with Crippen LogP contribution in [0.2, 0.25) is 0 Å². The highest BCUT2D eigenvalue weighted by Gasteiger charge is 2.22. The van der Waals surface area contributed by atoms with Crippen LogP contribution in [-0.4, -0.2) is 22.2 Å². The Morgan fingerprint density at radius 1 is 1.15 bits per heavy atom. The first-order valence-electron chi connectivity index (χ1n) is 8.64. The summed E-state index contributed by atoms with van der Waals surface area (Å²) < 4.78 is 6.80. The van der Waals surface area contributed by atoms with Gasteiger partial charge in [0.25, 0.3) is 0 Å². The molecule has 0 spiro atoms. The molecule has 0 amide bonds. The first kappa shape index (κ1) is 18.4. The van der Waals surface area contributed by atoms with Crippen LogP contribution in [0.4, 0.5) is 5.69 Å². The van der Waals surface area contributed by atoms with E-state index in [0.29, 0.717) is 16.9 Å². The van der Waals surface area contributed by atoms with Crippen molar-refractivity contribution in [1.82, 2.24) is 4.57 Å². The van der Waals surface area contributed by atoms with Gasteiger partial charge in [-0.3, -0.25) is 0 Å². The number of carbonyl (C=O) groups excluding carboxylic acids is 1. The predicted molar refractivity (Wildman–Crippen MR) is 104 cm³/mol. The van der Waals surface area contributed by atoms with Crippen molar-refractivity contribution in [3.8, 4) is 22.3 Å². The summed E-state index contributed by atoms with van der Waals surface area (Å²) in [5, 5.41) is 9.54. The Labute approximate surface area is 158 Å². The maximum atomic E-state index is 12.4. The van der Waals surface area contributed by atoms with Crippen LogP contribution in [0, 0.1) is 6.57 Å². The summed E-state index contributed by atoms with van der Waals surface area (Å²) in [7, 11) is 1.73. The second kappa shape index (κ2) is 7.90. The first-order valence-corrected chi connectivity index (χ1v) is 8.64. The summed E-state index contributed by atoms with van der Waals surface area (Å²) in [5.41, 5.74) is 4.88. The van der Waals surface area contributed by atoms with E-state index in [4.69, 9.17) is 11.3 Å². The Morgan fingerprint density at radius 3 is 2.44 bits per heavy atom. The fraction of sp³-hybridized carbons (Fsp3) is 0.182. The Bertz CT molecular complexity index is 1010. The fourth-order valence-corrected chi connectivity index (χ4v) is 3.18. The number of hydrogen-bond acceptors (Lipinski definition) is 3. The van der Waals surface area contributed by atoms with Gasteiger partial charge in [-0.15, -0.1) is 0 Å². The number of hydrogen-bond donors (Lipinski definition) is 1. The van der Waals surface area contributed by atoms with Gasteiger partial charge in [0.2, 0.25) is 5.69 Å². The van der Waals surface area contributed by atoms with Crippen molar-refractivity contribution in [3.63, 3.8) is 0 Å². The molecule has 136 valence electrons. The van der Waals surface area contributed by atoms with E-state index in [-0.39, 0.29) is 13.2 Å². The third-order valence-electron chi connectivity index (χ3n) is 4.42. The van der Waals surface area contributed by atoms with E-state index in [9.17, 15) is 9.90 Å². The zero-order valence-electron chi connectivity index (χ0n) is 15.3. The van der Waals surface area contributed by atoms with Crippen molar-refractivity contribution in [2.75, 3.05) is 6.61 Å². The molecule has 2 aromatic carbocycles. The van der Waals surface area contributed by atoms with Crippen LogP contribution in [0.3, 0.4) is 0 Å². The van der Waals surface area contributed by atoms with Crippen molar-refractivity contribution >= 4 is 11.7 Å².